The van der Waals surface area contributed by atoms with Gasteiger partial charge in [-0.25, -0.2) is 18.4 Å². The van der Waals surface area contributed by atoms with Crippen molar-refractivity contribution in [3.63, 3.8) is 0 Å². The van der Waals surface area contributed by atoms with Crippen LogP contribution in [0.4, 0.5) is 19.0 Å². The van der Waals surface area contributed by atoms with Gasteiger partial charge in [0.05, 0.1) is 28.6 Å². The van der Waals surface area contributed by atoms with Crippen LogP contribution in [0.3, 0.4) is 0 Å². The van der Waals surface area contributed by atoms with E-state index < -0.39 is 26.8 Å². The topological polar surface area (TPSA) is 113 Å². The van der Waals surface area contributed by atoms with Gasteiger partial charge in [-0.05, 0) is 57.2 Å². The molecule has 0 radical (unpaired) electrons. The Morgan fingerprint density at radius 3 is 2.50 bits per heavy atom. The molecule has 0 aliphatic heterocycles. The van der Waals surface area contributed by atoms with E-state index in [1.54, 1.807) is 13.8 Å². The van der Waals surface area contributed by atoms with Gasteiger partial charge in [-0.3, -0.25) is 4.79 Å². The Morgan fingerprint density at radius 2 is 1.86 bits per heavy atom. The number of hydrogen-bond donors (Lipinski definition) is 3. The maximum absolute atomic E-state index is 13.2. The fourth-order valence-corrected chi connectivity index (χ4v) is 5.90. The van der Waals surface area contributed by atoms with Crippen LogP contribution >= 0.6 is 0 Å². The summed E-state index contributed by atoms with van der Waals surface area (Å²) in [5, 5.41) is 8.86. The van der Waals surface area contributed by atoms with Gasteiger partial charge < -0.3 is 16.0 Å². The summed E-state index contributed by atoms with van der Waals surface area (Å²) in [6.45, 7) is 7.14. The smallest absolute Gasteiger partial charge is 0.360 e. The zero-order valence-electron chi connectivity index (χ0n) is 20.9. The van der Waals surface area contributed by atoms with Crippen LogP contribution in [0.1, 0.15) is 52.5 Å². The van der Waals surface area contributed by atoms with Crippen molar-refractivity contribution in [2.24, 2.45) is 5.92 Å². The number of rotatable bonds is 9. The molecule has 36 heavy (non-hydrogen) atoms. The van der Waals surface area contributed by atoms with E-state index in [2.05, 4.69) is 25.9 Å². The quantitative estimate of drug-likeness (QED) is 0.455. The summed E-state index contributed by atoms with van der Waals surface area (Å²) < 4.78 is 64.8. The van der Waals surface area contributed by atoms with Gasteiger partial charge >= 0.3 is 6.18 Å². The van der Waals surface area contributed by atoms with E-state index in [1.165, 1.54) is 12.4 Å². The van der Waals surface area contributed by atoms with Gasteiger partial charge in [-0.15, -0.1) is 0 Å². The SMILES string of the molecule is CC(C)N[C@@H]1CC[C@H](NC(=O)CNc2ncnc3ccc(C(F)(F)F)cc23)[C@@H](CS(=O)(=O)C(C)C)C1. The van der Waals surface area contributed by atoms with Crippen LogP contribution in [-0.4, -0.2) is 60.0 Å². The maximum atomic E-state index is 13.2. The number of carbonyl (C=O) groups is 1. The third kappa shape index (κ3) is 7.28. The summed E-state index contributed by atoms with van der Waals surface area (Å²) >= 11 is 0. The van der Waals surface area contributed by atoms with Crippen molar-refractivity contribution in [1.82, 2.24) is 20.6 Å². The van der Waals surface area contributed by atoms with Gasteiger partial charge in [0.15, 0.2) is 9.84 Å². The monoisotopic (exact) mass is 529 g/mol. The van der Waals surface area contributed by atoms with E-state index in [9.17, 15) is 26.4 Å². The second kappa shape index (κ2) is 11.3. The van der Waals surface area contributed by atoms with E-state index in [0.717, 1.165) is 18.6 Å². The Morgan fingerprint density at radius 1 is 1.14 bits per heavy atom. The van der Waals surface area contributed by atoms with Crippen molar-refractivity contribution in [3.8, 4) is 0 Å². The molecule has 1 aliphatic rings. The Kier molecular flexibility index (Phi) is 8.81. The first kappa shape index (κ1) is 28.1. The van der Waals surface area contributed by atoms with E-state index in [4.69, 9.17) is 0 Å². The first-order valence-electron chi connectivity index (χ1n) is 12.1. The van der Waals surface area contributed by atoms with Gasteiger partial charge in [0.2, 0.25) is 5.91 Å². The molecule has 8 nitrogen and oxygen atoms in total. The minimum Gasteiger partial charge on any atom is -0.360 e. The number of nitrogens with one attached hydrogen (secondary N) is 3. The lowest BCUT2D eigenvalue weighted by molar-refractivity contribution is -0.137. The highest BCUT2D eigenvalue weighted by molar-refractivity contribution is 7.91. The minimum absolute atomic E-state index is 0.0178. The largest absolute Gasteiger partial charge is 0.416 e. The lowest BCUT2D eigenvalue weighted by Crippen LogP contribution is -2.51. The summed E-state index contributed by atoms with van der Waals surface area (Å²) in [7, 11) is -3.32. The number of aromatic nitrogens is 2. The number of sulfone groups is 1. The predicted molar refractivity (Wildman–Crippen MR) is 133 cm³/mol. The summed E-state index contributed by atoms with van der Waals surface area (Å²) in [5.74, 6) is -0.539. The number of alkyl halides is 3. The van der Waals surface area contributed by atoms with E-state index in [-0.39, 0.29) is 53.5 Å². The molecule has 0 saturated heterocycles. The highest BCUT2D eigenvalue weighted by atomic mass is 32.2. The number of nitrogens with zero attached hydrogens (tertiary/aromatic N) is 2. The molecule has 1 aromatic carbocycles. The molecule has 0 spiro atoms. The van der Waals surface area contributed by atoms with Gasteiger partial charge in [-0.2, -0.15) is 13.2 Å². The Hall–Kier alpha value is -2.47. The summed E-state index contributed by atoms with van der Waals surface area (Å²) in [6, 6.07) is 3.26. The maximum Gasteiger partial charge on any atom is 0.416 e. The molecule has 12 heteroatoms. The van der Waals surface area contributed by atoms with Crippen LogP contribution in [-0.2, 0) is 20.8 Å². The van der Waals surface area contributed by atoms with E-state index in [0.29, 0.717) is 18.4 Å². The van der Waals surface area contributed by atoms with Crippen LogP contribution in [0.15, 0.2) is 24.5 Å². The molecule has 200 valence electrons. The molecule has 0 bridgehead atoms. The van der Waals surface area contributed by atoms with E-state index >= 15 is 0 Å². The third-order valence-electron chi connectivity index (χ3n) is 6.44. The molecule has 0 unspecified atom stereocenters. The fraction of sp³-hybridized carbons (Fsp3) is 0.625. The van der Waals surface area contributed by atoms with Crippen LogP contribution in [0.5, 0.6) is 0 Å². The van der Waals surface area contributed by atoms with E-state index in [1.807, 2.05) is 13.8 Å². The van der Waals surface area contributed by atoms with Crippen molar-refractivity contribution >= 4 is 32.5 Å². The Bertz CT molecular complexity index is 1170. The van der Waals surface area contributed by atoms with Crippen molar-refractivity contribution < 1.29 is 26.4 Å². The summed E-state index contributed by atoms with van der Waals surface area (Å²) in [5.41, 5.74) is -0.519. The van der Waals surface area contributed by atoms with Crippen molar-refractivity contribution in [1.29, 1.82) is 0 Å². The number of benzene rings is 1. The number of amides is 1. The molecule has 1 fully saturated rings. The summed E-state index contributed by atoms with van der Waals surface area (Å²) in [6.07, 6.45) is -1.26. The highest BCUT2D eigenvalue weighted by Gasteiger charge is 2.35. The summed E-state index contributed by atoms with van der Waals surface area (Å²) in [4.78, 5) is 20.8. The van der Waals surface area contributed by atoms with Crippen LogP contribution < -0.4 is 16.0 Å². The lowest BCUT2D eigenvalue weighted by atomic mass is 9.82. The minimum atomic E-state index is -4.52. The fourth-order valence-electron chi connectivity index (χ4n) is 4.55. The first-order chi connectivity index (χ1) is 16.8. The number of anilines is 1. The predicted octanol–water partition coefficient (Wildman–Crippen LogP) is 3.54. The van der Waals surface area contributed by atoms with Gasteiger partial charge in [-0.1, -0.05) is 13.8 Å². The molecule has 1 aromatic heterocycles. The van der Waals surface area contributed by atoms with Crippen molar-refractivity contribution in [3.05, 3.63) is 30.1 Å². The number of hydrogen-bond acceptors (Lipinski definition) is 7. The van der Waals surface area contributed by atoms with Crippen LogP contribution in [0.25, 0.3) is 10.9 Å². The molecule has 1 aliphatic carbocycles. The first-order valence-corrected chi connectivity index (χ1v) is 13.8. The molecule has 2 aromatic rings. The average Bonchev–Trinajstić information content (AvgIpc) is 2.77. The molecular formula is C24H34F3N5O3S. The van der Waals surface area contributed by atoms with Gasteiger partial charge in [0.1, 0.15) is 12.1 Å². The second-order valence-electron chi connectivity index (χ2n) is 9.95. The molecule has 1 saturated carbocycles. The number of halogens is 3. The van der Waals surface area contributed by atoms with Gasteiger partial charge in [0.25, 0.3) is 0 Å². The number of fused-ring (bicyclic) bond motifs is 1. The lowest BCUT2D eigenvalue weighted by Gasteiger charge is -2.38. The molecule has 3 N–H and O–H groups in total. The molecule has 3 rings (SSSR count). The normalized spacial score (nSPS) is 21.2. The van der Waals surface area contributed by atoms with Crippen molar-refractivity contribution in [2.45, 2.75) is 76.5 Å². The molecular weight excluding hydrogens is 495 g/mol. The Balaban J connectivity index is 1.70. The Labute approximate surface area is 209 Å². The third-order valence-corrected chi connectivity index (χ3v) is 8.77. The van der Waals surface area contributed by atoms with Crippen LogP contribution in [0, 0.1) is 5.92 Å². The second-order valence-corrected chi connectivity index (χ2v) is 12.6. The highest BCUT2D eigenvalue weighted by Crippen LogP contribution is 2.32. The number of carbonyl (C=O) groups excluding carboxylic acids is 1. The standard InChI is InChI=1S/C24H34F3N5O3S/c1-14(2)31-18-6-8-20(16(9-18)12-36(34,35)15(3)4)32-22(33)11-28-23-19-10-17(24(25,26)27)5-7-21(19)29-13-30-23/h5,7,10,13-16,18,20,31H,6,8-9,11-12H2,1-4H3,(H,32,33)(H,28,29,30)/t16-,18-,20+/m1/s1. The zero-order chi connectivity index (χ0) is 26.7. The molecule has 3 atom stereocenters. The van der Waals surface area contributed by atoms with Crippen molar-refractivity contribution in [2.75, 3.05) is 17.6 Å². The van der Waals surface area contributed by atoms with Gasteiger partial charge in [0, 0.05) is 23.5 Å². The average molecular weight is 530 g/mol. The molecule has 1 amide bonds. The zero-order valence-corrected chi connectivity index (χ0v) is 21.7. The molecule has 1 heterocycles. The van der Waals surface area contributed by atoms with Crippen LogP contribution in [0.2, 0.25) is 0 Å².